The maximum atomic E-state index is 14.7. The molecule has 256 valence electrons. The molecule has 12 nitrogen and oxygen atoms in total. The van der Waals surface area contributed by atoms with Crippen molar-refractivity contribution in [3.05, 3.63) is 61.2 Å². The minimum absolute atomic E-state index is 0.122. The van der Waals surface area contributed by atoms with Gasteiger partial charge in [-0.1, -0.05) is 42.5 Å². The third kappa shape index (κ3) is 7.15. The first-order valence-electron chi connectivity index (χ1n) is 16.7. The van der Waals surface area contributed by atoms with Crippen LogP contribution in [-0.2, 0) is 33.4 Å². The number of nitrogens with one attached hydrogen (secondary N) is 1. The molecule has 0 aliphatic carbocycles. The third-order valence-corrected chi connectivity index (χ3v) is 9.87. The number of ether oxygens (including phenoxy) is 3. The number of amides is 3. The first-order chi connectivity index (χ1) is 22.7. The predicted molar refractivity (Wildman–Crippen MR) is 173 cm³/mol. The molecule has 2 bridgehead atoms. The molecule has 0 unspecified atom stereocenters. The molecule has 3 amide bonds. The lowest BCUT2D eigenvalue weighted by molar-refractivity contribution is -0.160. The van der Waals surface area contributed by atoms with Crippen LogP contribution in [0.4, 0.5) is 0 Å². The number of carbonyl (C=O) groups is 4. The highest BCUT2D eigenvalue weighted by atomic mass is 16.6. The van der Waals surface area contributed by atoms with Crippen molar-refractivity contribution in [2.45, 2.75) is 62.5 Å². The Morgan fingerprint density at radius 1 is 1.19 bits per heavy atom. The van der Waals surface area contributed by atoms with Gasteiger partial charge in [-0.05, 0) is 31.7 Å². The molecule has 1 aromatic rings. The van der Waals surface area contributed by atoms with Gasteiger partial charge in [-0.2, -0.15) is 0 Å². The maximum absolute atomic E-state index is 14.7. The first-order valence-corrected chi connectivity index (χ1v) is 16.7. The van der Waals surface area contributed by atoms with E-state index in [1.165, 1.54) is 4.90 Å². The van der Waals surface area contributed by atoms with Gasteiger partial charge >= 0.3 is 5.97 Å². The molecule has 5 rings (SSSR count). The quantitative estimate of drug-likeness (QED) is 0.201. The number of fused-ring (bicyclic) bond motifs is 1. The number of benzene rings is 1. The van der Waals surface area contributed by atoms with Crippen molar-refractivity contribution in [2.75, 3.05) is 59.1 Å². The lowest BCUT2D eigenvalue weighted by Crippen LogP contribution is -2.58. The molecule has 4 aliphatic rings. The van der Waals surface area contributed by atoms with Gasteiger partial charge in [0.05, 0.1) is 50.3 Å². The highest BCUT2D eigenvalue weighted by molar-refractivity contribution is 5.98. The molecule has 4 saturated heterocycles. The van der Waals surface area contributed by atoms with E-state index < -0.39 is 60.2 Å². The molecule has 4 heterocycles. The predicted octanol–water partition coefficient (Wildman–Crippen LogP) is 1.46. The Labute approximate surface area is 276 Å². The second kappa shape index (κ2) is 15.5. The molecule has 12 heteroatoms. The molecule has 1 aromatic carbocycles. The molecule has 4 aliphatic heterocycles. The van der Waals surface area contributed by atoms with Crippen LogP contribution >= 0.6 is 0 Å². The number of rotatable bonds is 16. The van der Waals surface area contributed by atoms with E-state index in [-0.39, 0.29) is 31.3 Å². The molecule has 2 N–H and O–H groups in total. The zero-order valence-electron chi connectivity index (χ0n) is 27.3. The van der Waals surface area contributed by atoms with E-state index in [0.29, 0.717) is 51.1 Å². The molecule has 7 atom stereocenters. The standard InChI is InChI=1S/C35H48N4O8/c1-4-6-12-28(41)36-22-24(3)46-34(44)29-27-13-14-35(47-27)30(29)32(42)39(26(23-40)25-10-8-7-9-11-25)31(35)33(43)38(15-5-2)17-16-37-18-20-45-21-19-37/h4-5,7-11,24,26-27,29-31,40H,1-2,6,12-23H2,3H3,(H,36,41)/t24-,26-,27-,29+,30+,31-,35+/m1/s1. The van der Waals surface area contributed by atoms with Gasteiger partial charge in [-0.25, -0.2) is 0 Å². The topological polar surface area (TPSA) is 138 Å². The molecular weight excluding hydrogens is 604 g/mol. The lowest BCUT2D eigenvalue weighted by atomic mass is 9.70. The van der Waals surface area contributed by atoms with Crippen LogP contribution in [0.3, 0.4) is 0 Å². The Hall–Kier alpha value is -3.58. The number of nitrogens with zero attached hydrogens (tertiary/aromatic N) is 3. The summed E-state index contributed by atoms with van der Waals surface area (Å²) in [5, 5.41) is 13.5. The zero-order valence-corrected chi connectivity index (χ0v) is 27.3. The van der Waals surface area contributed by atoms with Gasteiger partial charge in [-0.15, -0.1) is 13.2 Å². The summed E-state index contributed by atoms with van der Waals surface area (Å²) in [6.07, 6.45) is 3.82. The van der Waals surface area contributed by atoms with Crippen molar-refractivity contribution >= 4 is 23.7 Å². The highest BCUT2D eigenvalue weighted by Gasteiger charge is 2.75. The fraction of sp³-hybridized carbons (Fsp3) is 0.600. The summed E-state index contributed by atoms with van der Waals surface area (Å²) in [6.45, 7) is 13.0. The fourth-order valence-electron chi connectivity index (χ4n) is 7.61. The summed E-state index contributed by atoms with van der Waals surface area (Å²) in [5.41, 5.74) is -0.582. The second-order valence-corrected chi connectivity index (χ2v) is 12.8. The van der Waals surface area contributed by atoms with E-state index >= 15 is 0 Å². The number of esters is 1. The number of carbonyl (C=O) groups excluding carboxylic acids is 4. The average Bonchev–Trinajstić information content (AvgIpc) is 3.73. The normalized spacial score (nSPS) is 28.0. The maximum Gasteiger partial charge on any atom is 0.312 e. The van der Waals surface area contributed by atoms with Crippen molar-refractivity contribution in [1.29, 1.82) is 0 Å². The summed E-state index contributed by atoms with van der Waals surface area (Å²) in [4.78, 5) is 60.6. The molecule has 47 heavy (non-hydrogen) atoms. The number of morpholine rings is 1. The summed E-state index contributed by atoms with van der Waals surface area (Å²) in [5.74, 6) is -3.36. The van der Waals surface area contributed by atoms with Crippen molar-refractivity contribution in [3.63, 3.8) is 0 Å². The van der Waals surface area contributed by atoms with E-state index in [2.05, 4.69) is 23.4 Å². The van der Waals surface area contributed by atoms with Crippen LogP contribution < -0.4 is 5.32 Å². The summed E-state index contributed by atoms with van der Waals surface area (Å²) in [6, 6.07) is 7.23. The Balaban J connectivity index is 1.42. The number of likely N-dealkylation sites (tertiary alicyclic amines) is 1. The summed E-state index contributed by atoms with van der Waals surface area (Å²) < 4.78 is 17.9. The minimum atomic E-state index is -1.26. The van der Waals surface area contributed by atoms with E-state index in [1.807, 2.05) is 30.3 Å². The zero-order chi connectivity index (χ0) is 33.6. The van der Waals surface area contributed by atoms with Crippen molar-refractivity contribution in [1.82, 2.24) is 20.0 Å². The van der Waals surface area contributed by atoms with Crippen molar-refractivity contribution in [2.24, 2.45) is 11.8 Å². The molecule has 1 spiro atoms. The van der Waals surface area contributed by atoms with E-state index in [9.17, 15) is 24.3 Å². The number of aliphatic hydroxyl groups excluding tert-OH is 1. The van der Waals surface area contributed by atoms with Gasteiger partial charge in [0.1, 0.15) is 17.7 Å². The number of aliphatic hydroxyl groups is 1. The third-order valence-electron chi connectivity index (χ3n) is 9.87. The number of hydrogen-bond acceptors (Lipinski definition) is 9. The average molecular weight is 653 g/mol. The SMILES string of the molecule is C=CCCC(=O)NC[C@@H](C)OC(=O)[C@@H]1[C@H]2C(=O)N([C@H](CO)c3ccccc3)[C@H](C(=O)N(CC=C)CCN3CCOCC3)[C@]23CC[C@H]1O3. The van der Waals surface area contributed by atoms with Gasteiger partial charge in [-0.3, -0.25) is 24.1 Å². The molecule has 4 fully saturated rings. The van der Waals surface area contributed by atoms with Crippen LogP contribution in [0.25, 0.3) is 0 Å². The monoisotopic (exact) mass is 652 g/mol. The summed E-state index contributed by atoms with van der Waals surface area (Å²) in [7, 11) is 0. The van der Waals surface area contributed by atoms with Gasteiger partial charge in [0.25, 0.3) is 0 Å². The smallest absolute Gasteiger partial charge is 0.312 e. The Kier molecular flexibility index (Phi) is 11.5. The van der Waals surface area contributed by atoms with Crippen LogP contribution in [0.15, 0.2) is 55.6 Å². The van der Waals surface area contributed by atoms with Gasteiger partial charge in [0.2, 0.25) is 17.7 Å². The Morgan fingerprint density at radius 2 is 1.94 bits per heavy atom. The van der Waals surface area contributed by atoms with Crippen molar-refractivity contribution in [3.8, 4) is 0 Å². The van der Waals surface area contributed by atoms with Crippen LogP contribution in [0.1, 0.15) is 44.2 Å². The van der Waals surface area contributed by atoms with E-state index in [0.717, 1.165) is 13.1 Å². The van der Waals surface area contributed by atoms with Crippen LogP contribution in [0, 0.1) is 11.8 Å². The Morgan fingerprint density at radius 3 is 2.62 bits per heavy atom. The van der Waals surface area contributed by atoms with Crippen LogP contribution in [-0.4, -0.2) is 126 Å². The minimum Gasteiger partial charge on any atom is -0.460 e. The molecule has 0 saturated carbocycles. The lowest BCUT2D eigenvalue weighted by Gasteiger charge is -2.40. The van der Waals surface area contributed by atoms with Gasteiger partial charge in [0, 0.05) is 39.1 Å². The van der Waals surface area contributed by atoms with Crippen molar-refractivity contribution < 1.29 is 38.5 Å². The van der Waals surface area contributed by atoms with Crippen LogP contribution in [0.2, 0.25) is 0 Å². The second-order valence-electron chi connectivity index (χ2n) is 12.8. The largest absolute Gasteiger partial charge is 0.460 e. The van der Waals surface area contributed by atoms with Gasteiger partial charge in [0.15, 0.2) is 0 Å². The fourth-order valence-corrected chi connectivity index (χ4v) is 7.61. The number of hydrogen-bond donors (Lipinski definition) is 2. The molecule has 0 radical (unpaired) electrons. The Bertz CT molecular complexity index is 1300. The molecular formula is C35H48N4O8. The van der Waals surface area contributed by atoms with E-state index in [1.54, 1.807) is 24.0 Å². The first kappa shape index (κ1) is 34.7. The van der Waals surface area contributed by atoms with E-state index in [4.69, 9.17) is 14.2 Å². The van der Waals surface area contributed by atoms with Crippen LogP contribution in [0.5, 0.6) is 0 Å². The molecule has 0 aromatic heterocycles. The summed E-state index contributed by atoms with van der Waals surface area (Å²) >= 11 is 0. The number of allylic oxidation sites excluding steroid dienone is 1. The van der Waals surface area contributed by atoms with Gasteiger partial charge < -0.3 is 34.4 Å². The highest BCUT2D eigenvalue weighted by Crippen LogP contribution is 2.60.